The number of Topliss-reactive ketones (excluding diaryl/α,β-unsaturated/α-hetero) is 1. The first-order valence-electron chi connectivity index (χ1n) is 7.82. The summed E-state index contributed by atoms with van der Waals surface area (Å²) in [7, 11) is 0. The highest BCUT2D eigenvalue weighted by Crippen LogP contribution is 2.21. The van der Waals surface area contributed by atoms with E-state index in [-0.39, 0.29) is 30.0 Å². The summed E-state index contributed by atoms with van der Waals surface area (Å²) in [6.07, 6.45) is 0. The first-order valence-corrected chi connectivity index (χ1v) is 8.70. The van der Waals surface area contributed by atoms with Gasteiger partial charge in [-0.3, -0.25) is 9.59 Å². The van der Waals surface area contributed by atoms with Crippen LogP contribution >= 0.6 is 11.3 Å². The Morgan fingerprint density at radius 3 is 2.56 bits per heavy atom. The number of thiazole rings is 1. The molecular weight excluding hydrogens is 342 g/mol. The van der Waals surface area contributed by atoms with Crippen molar-refractivity contribution in [2.24, 2.45) is 0 Å². The van der Waals surface area contributed by atoms with E-state index in [1.165, 1.54) is 12.3 Å². The molecule has 2 rings (SSSR count). The molecule has 0 saturated carbocycles. The molecule has 7 nitrogen and oxygen atoms in total. The highest BCUT2D eigenvalue weighted by atomic mass is 32.1. The Balaban J connectivity index is 2.02. The van der Waals surface area contributed by atoms with Gasteiger partial charge < -0.3 is 14.6 Å². The molecule has 0 aliphatic rings. The van der Waals surface area contributed by atoms with Gasteiger partial charge in [-0.2, -0.15) is 0 Å². The van der Waals surface area contributed by atoms with Crippen molar-refractivity contribution in [3.63, 3.8) is 0 Å². The maximum absolute atomic E-state index is 12.4. The molecule has 2 aromatic rings. The third-order valence-electron chi connectivity index (χ3n) is 3.63. The number of carbonyl (C=O) groups excluding carboxylic acids is 3. The van der Waals surface area contributed by atoms with Crippen LogP contribution in [0.4, 0.5) is 5.13 Å². The molecule has 8 heteroatoms. The third-order valence-corrected chi connectivity index (χ3v) is 4.39. The molecule has 0 aliphatic carbocycles. The molecule has 1 N–H and O–H groups in total. The maximum Gasteiger partial charge on any atom is 0.358 e. The van der Waals surface area contributed by atoms with E-state index in [0.29, 0.717) is 10.7 Å². The van der Waals surface area contributed by atoms with Gasteiger partial charge in [0.25, 0.3) is 0 Å². The number of ether oxygens (including phenoxy) is 1. The Bertz CT molecular complexity index is 820. The third kappa shape index (κ3) is 4.33. The second kappa shape index (κ2) is 7.60. The average Bonchev–Trinajstić information content (AvgIpc) is 3.08. The zero-order valence-corrected chi connectivity index (χ0v) is 15.7. The van der Waals surface area contributed by atoms with E-state index in [4.69, 9.17) is 4.74 Å². The summed E-state index contributed by atoms with van der Waals surface area (Å²) < 4.78 is 7.13. The smallest absolute Gasteiger partial charge is 0.358 e. The van der Waals surface area contributed by atoms with E-state index < -0.39 is 5.97 Å². The number of rotatable bonds is 6. The van der Waals surface area contributed by atoms with E-state index in [1.54, 1.807) is 0 Å². The van der Waals surface area contributed by atoms with Crippen LogP contribution in [-0.4, -0.2) is 33.8 Å². The van der Waals surface area contributed by atoms with Crippen LogP contribution in [0.15, 0.2) is 11.4 Å². The number of nitrogens with zero attached hydrogens (tertiary/aromatic N) is 2. The highest BCUT2D eigenvalue weighted by Gasteiger charge is 2.20. The molecule has 0 atom stereocenters. The van der Waals surface area contributed by atoms with Crippen LogP contribution in [0.2, 0.25) is 0 Å². The van der Waals surface area contributed by atoms with Crippen LogP contribution in [0.3, 0.4) is 0 Å². The van der Waals surface area contributed by atoms with Crippen molar-refractivity contribution in [2.75, 3.05) is 11.9 Å². The molecule has 0 aromatic carbocycles. The zero-order valence-electron chi connectivity index (χ0n) is 14.9. The van der Waals surface area contributed by atoms with Crippen molar-refractivity contribution in [3.8, 4) is 0 Å². The van der Waals surface area contributed by atoms with Gasteiger partial charge in [0.15, 0.2) is 17.4 Å². The fourth-order valence-corrected chi connectivity index (χ4v) is 3.44. The van der Waals surface area contributed by atoms with Gasteiger partial charge in [0.05, 0.1) is 0 Å². The minimum absolute atomic E-state index is 0.0641. The molecule has 134 valence electrons. The van der Waals surface area contributed by atoms with Gasteiger partial charge in [0.2, 0.25) is 11.7 Å². The molecule has 25 heavy (non-hydrogen) atoms. The van der Waals surface area contributed by atoms with Crippen LogP contribution in [0, 0.1) is 13.8 Å². The van der Waals surface area contributed by atoms with Crippen LogP contribution in [0.1, 0.15) is 59.0 Å². The van der Waals surface area contributed by atoms with Crippen molar-refractivity contribution >= 4 is 34.1 Å². The first-order chi connectivity index (χ1) is 11.7. The number of aryl methyl sites for hydroxylation is 1. The minimum atomic E-state index is -0.695. The number of hydrogen-bond acceptors (Lipinski definition) is 6. The Kier molecular flexibility index (Phi) is 5.73. The lowest BCUT2D eigenvalue weighted by Crippen LogP contribution is -2.16. The summed E-state index contributed by atoms with van der Waals surface area (Å²) >= 11 is 1.12. The maximum atomic E-state index is 12.4. The number of amides is 1. The predicted octanol–water partition coefficient (Wildman–Crippen LogP) is 3.14. The topological polar surface area (TPSA) is 90.3 Å². The number of ketones is 1. The normalized spacial score (nSPS) is 10.8. The van der Waals surface area contributed by atoms with Gasteiger partial charge in [-0.05, 0) is 33.8 Å². The molecule has 0 aliphatic heterocycles. The summed E-state index contributed by atoms with van der Waals surface area (Å²) in [6.45, 7) is 8.91. The Hall–Kier alpha value is -2.48. The van der Waals surface area contributed by atoms with Gasteiger partial charge in [-0.15, -0.1) is 11.3 Å². The molecule has 2 heterocycles. The zero-order chi connectivity index (χ0) is 18.7. The van der Waals surface area contributed by atoms with Crippen molar-refractivity contribution in [1.29, 1.82) is 0 Å². The SMILES string of the molecule is CC(=O)Nc1nc(C(=O)OCC(=O)c2cc(C)n(C(C)C)c2C)cs1. The fourth-order valence-electron chi connectivity index (χ4n) is 2.71. The molecule has 0 saturated heterocycles. The summed E-state index contributed by atoms with van der Waals surface area (Å²) in [6, 6.07) is 2.05. The van der Waals surface area contributed by atoms with Crippen LogP contribution in [0.25, 0.3) is 0 Å². The van der Waals surface area contributed by atoms with Crippen molar-refractivity contribution in [2.45, 2.75) is 40.7 Å². The summed E-state index contributed by atoms with van der Waals surface area (Å²) in [5.74, 6) is -1.23. The van der Waals surface area contributed by atoms with Crippen molar-refractivity contribution in [3.05, 3.63) is 34.1 Å². The summed E-state index contributed by atoms with van der Waals surface area (Å²) in [4.78, 5) is 39.3. The number of carbonyl (C=O) groups is 3. The van der Waals surface area contributed by atoms with E-state index in [0.717, 1.165) is 22.7 Å². The Morgan fingerprint density at radius 2 is 2.00 bits per heavy atom. The van der Waals surface area contributed by atoms with Gasteiger partial charge in [0, 0.05) is 35.3 Å². The van der Waals surface area contributed by atoms with Gasteiger partial charge in [-0.1, -0.05) is 0 Å². The molecule has 0 bridgehead atoms. The highest BCUT2D eigenvalue weighted by molar-refractivity contribution is 7.14. The molecule has 1 amide bonds. The first kappa shape index (κ1) is 18.9. The van der Waals surface area contributed by atoms with Gasteiger partial charge >= 0.3 is 5.97 Å². The quantitative estimate of drug-likeness (QED) is 0.629. The van der Waals surface area contributed by atoms with E-state index in [1.807, 2.05) is 33.8 Å². The number of aromatic nitrogens is 2. The summed E-state index contributed by atoms with van der Waals surface area (Å²) in [5.41, 5.74) is 2.46. The minimum Gasteiger partial charge on any atom is -0.453 e. The lowest BCUT2D eigenvalue weighted by molar-refractivity contribution is -0.114. The molecule has 0 spiro atoms. The molecule has 2 aromatic heterocycles. The second-order valence-electron chi connectivity index (χ2n) is 5.97. The molecule has 0 radical (unpaired) electrons. The number of esters is 1. The van der Waals surface area contributed by atoms with E-state index in [9.17, 15) is 14.4 Å². The fraction of sp³-hybridized carbons (Fsp3) is 0.412. The number of anilines is 1. The largest absolute Gasteiger partial charge is 0.453 e. The molecule has 0 unspecified atom stereocenters. The van der Waals surface area contributed by atoms with Gasteiger partial charge in [0.1, 0.15) is 0 Å². The average molecular weight is 363 g/mol. The number of hydrogen-bond donors (Lipinski definition) is 1. The predicted molar refractivity (Wildman–Crippen MR) is 95.3 cm³/mol. The van der Waals surface area contributed by atoms with Crippen molar-refractivity contribution in [1.82, 2.24) is 9.55 Å². The Morgan fingerprint density at radius 1 is 1.32 bits per heavy atom. The van der Waals surface area contributed by atoms with E-state index in [2.05, 4.69) is 14.9 Å². The molecule has 0 fully saturated rings. The van der Waals surface area contributed by atoms with E-state index >= 15 is 0 Å². The van der Waals surface area contributed by atoms with Crippen LogP contribution in [-0.2, 0) is 9.53 Å². The van der Waals surface area contributed by atoms with Crippen LogP contribution in [0.5, 0.6) is 0 Å². The monoisotopic (exact) mass is 363 g/mol. The van der Waals surface area contributed by atoms with Crippen LogP contribution < -0.4 is 5.32 Å². The van der Waals surface area contributed by atoms with Gasteiger partial charge in [-0.25, -0.2) is 9.78 Å². The standard InChI is InChI=1S/C17H21N3O4S/c1-9(2)20-10(3)6-13(11(20)4)15(22)7-24-16(23)14-8-25-17(19-14)18-12(5)21/h6,8-9H,7H2,1-5H3,(H,18,19,21). The Labute approximate surface area is 150 Å². The number of nitrogens with one attached hydrogen (secondary N) is 1. The lowest BCUT2D eigenvalue weighted by Gasteiger charge is -2.13. The summed E-state index contributed by atoms with van der Waals surface area (Å²) in [5, 5.41) is 4.28. The second-order valence-corrected chi connectivity index (χ2v) is 6.83. The lowest BCUT2D eigenvalue weighted by atomic mass is 10.1. The van der Waals surface area contributed by atoms with Crippen molar-refractivity contribution < 1.29 is 19.1 Å². The molecular formula is C17H21N3O4S.